The fourth-order valence-corrected chi connectivity index (χ4v) is 2.91. The third-order valence-electron chi connectivity index (χ3n) is 3.95. The highest BCUT2D eigenvalue weighted by Gasteiger charge is 2.28. The van der Waals surface area contributed by atoms with Crippen LogP contribution in [0.1, 0.15) is 24.0 Å². The summed E-state index contributed by atoms with van der Waals surface area (Å²) in [5.41, 5.74) is 4.92. The van der Waals surface area contributed by atoms with E-state index in [0.29, 0.717) is 13.3 Å². The zero-order chi connectivity index (χ0) is 15.4. The molecule has 0 radical (unpaired) electrons. The predicted octanol–water partition coefficient (Wildman–Crippen LogP) is 3.09. The Labute approximate surface area is 130 Å². The first-order valence-corrected chi connectivity index (χ1v) is 7.60. The summed E-state index contributed by atoms with van der Waals surface area (Å²) in [6.07, 6.45) is -0.386. The molecule has 22 heavy (non-hydrogen) atoms. The molecule has 4 nitrogen and oxygen atoms in total. The number of nitrogens with one attached hydrogen (secondary N) is 2. The fraction of sp³-hybridized carbons (Fsp3) is 0.278. The maximum absolute atomic E-state index is 11.7. The minimum absolute atomic E-state index is 0.109. The first-order chi connectivity index (χ1) is 10.8. The minimum Gasteiger partial charge on any atom is -0.449 e. The Bertz CT molecular complexity index is 624. The summed E-state index contributed by atoms with van der Waals surface area (Å²) in [6, 6.07) is 16.6. The number of rotatable bonds is 5. The van der Waals surface area contributed by atoms with Crippen LogP contribution in [-0.2, 0) is 4.74 Å². The highest BCUT2D eigenvalue weighted by atomic mass is 16.5. The molecule has 0 fully saturated rings. The van der Waals surface area contributed by atoms with Gasteiger partial charge < -0.3 is 15.4 Å². The first-order valence-electron chi connectivity index (χ1n) is 7.60. The van der Waals surface area contributed by atoms with Gasteiger partial charge in [-0.1, -0.05) is 55.5 Å². The average molecular weight is 296 g/mol. The third-order valence-corrected chi connectivity index (χ3v) is 3.95. The number of fused-ring (bicyclic) bond motifs is 3. The van der Waals surface area contributed by atoms with Gasteiger partial charge in [-0.05, 0) is 28.8 Å². The monoisotopic (exact) mass is 296 g/mol. The molecule has 2 aromatic rings. The van der Waals surface area contributed by atoms with Crippen molar-refractivity contribution in [1.82, 2.24) is 10.6 Å². The average Bonchev–Trinajstić information content (AvgIpc) is 2.87. The molecule has 0 aromatic heterocycles. The number of hydrogen-bond donors (Lipinski definition) is 2. The Balaban J connectivity index is 1.73. The van der Waals surface area contributed by atoms with Crippen LogP contribution in [0.25, 0.3) is 11.1 Å². The summed E-state index contributed by atoms with van der Waals surface area (Å²) in [5.74, 6) is 0.109. The topological polar surface area (TPSA) is 50.4 Å². The SMILES string of the molecule is CCNCNC(=O)OCC1c2ccccc2-c2ccccc21. The molecule has 0 saturated heterocycles. The van der Waals surface area contributed by atoms with E-state index in [0.717, 1.165) is 6.54 Å². The van der Waals surface area contributed by atoms with Gasteiger partial charge in [0.15, 0.2) is 0 Å². The van der Waals surface area contributed by atoms with E-state index in [-0.39, 0.29) is 12.0 Å². The molecular weight excluding hydrogens is 276 g/mol. The predicted molar refractivity (Wildman–Crippen MR) is 86.7 cm³/mol. The number of alkyl carbamates (subject to hydrolysis) is 1. The van der Waals surface area contributed by atoms with Crippen LogP contribution in [0.4, 0.5) is 4.79 Å². The Morgan fingerprint density at radius 1 is 1.05 bits per heavy atom. The fourth-order valence-electron chi connectivity index (χ4n) is 2.91. The molecule has 2 aromatic carbocycles. The summed E-state index contributed by atoms with van der Waals surface area (Å²) in [5, 5.41) is 5.71. The van der Waals surface area contributed by atoms with Gasteiger partial charge in [0.1, 0.15) is 6.61 Å². The number of amides is 1. The van der Waals surface area contributed by atoms with E-state index >= 15 is 0 Å². The van der Waals surface area contributed by atoms with E-state index in [1.807, 2.05) is 31.2 Å². The van der Waals surface area contributed by atoms with E-state index in [1.165, 1.54) is 22.3 Å². The molecule has 0 atom stereocenters. The van der Waals surface area contributed by atoms with Crippen LogP contribution < -0.4 is 10.6 Å². The number of benzene rings is 2. The van der Waals surface area contributed by atoms with Crippen LogP contribution in [-0.4, -0.2) is 25.9 Å². The zero-order valence-electron chi connectivity index (χ0n) is 12.6. The van der Waals surface area contributed by atoms with Gasteiger partial charge in [-0.25, -0.2) is 4.79 Å². The number of ether oxygens (including phenoxy) is 1. The second-order valence-electron chi connectivity index (χ2n) is 5.28. The lowest BCUT2D eigenvalue weighted by molar-refractivity contribution is 0.142. The van der Waals surface area contributed by atoms with Crippen molar-refractivity contribution in [2.24, 2.45) is 0 Å². The van der Waals surface area contributed by atoms with Gasteiger partial charge in [0.05, 0.1) is 6.67 Å². The number of hydrogen-bond acceptors (Lipinski definition) is 3. The summed E-state index contributed by atoms with van der Waals surface area (Å²) in [7, 11) is 0. The molecular formula is C18H20N2O2. The highest BCUT2D eigenvalue weighted by molar-refractivity contribution is 5.79. The van der Waals surface area contributed by atoms with E-state index in [9.17, 15) is 4.79 Å². The van der Waals surface area contributed by atoms with Gasteiger partial charge in [0, 0.05) is 5.92 Å². The van der Waals surface area contributed by atoms with Crippen LogP contribution in [0.2, 0.25) is 0 Å². The zero-order valence-corrected chi connectivity index (χ0v) is 12.6. The first kappa shape index (κ1) is 14.6. The Kier molecular flexibility index (Phi) is 4.39. The van der Waals surface area contributed by atoms with Crippen molar-refractivity contribution in [3.05, 3.63) is 59.7 Å². The van der Waals surface area contributed by atoms with Gasteiger partial charge in [-0.3, -0.25) is 0 Å². The lowest BCUT2D eigenvalue weighted by Crippen LogP contribution is -2.34. The molecule has 1 amide bonds. The van der Waals surface area contributed by atoms with Crippen molar-refractivity contribution < 1.29 is 9.53 Å². The van der Waals surface area contributed by atoms with E-state index in [1.54, 1.807) is 0 Å². The molecule has 0 heterocycles. The van der Waals surface area contributed by atoms with Crippen LogP contribution in [0.15, 0.2) is 48.5 Å². The molecule has 1 aliphatic rings. The Morgan fingerprint density at radius 2 is 1.64 bits per heavy atom. The lowest BCUT2D eigenvalue weighted by atomic mass is 9.98. The van der Waals surface area contributed by atoms with Crippen LogP contribution in [0, 0.1) is 0 Å². The molecule has 0 unspecified atom stereocenters. The van der Waals surface area contributed by atoms with Crippen LogP contribution in [0.5, 0.6) is 0 Å². The quantitative estimate of drug-likeness (QED) is 0.658. The minimum atomic E-state index is -0.386. The Morgan fingerprint density at radius 3 is 2.23 bits per heavy atom. The van der Waals surface area contributed by atoms with Gasteiger partial charge in [-0.2, -0.15) is 0 Å². The van der Waals surface area contributed by atoms with E-state index < -0.39 is 0 Å². The summed E-state index contributed by atoms with van der Waals surface area (Å²) < 4.78 is 5.40. The molecule has 114 valence electrons. The molecule has 0 saturated carbocycles. The van der Waals surface area contributed by atoms with Gasteiger partial charge in [0.25, 0.3) is 0 Å². The molecule has 0 spiro atoms. The summed E-state index contributed by atoms with van der Waals surface area (Å²) in [6.45, 7) is 3.57. The molecule has 4 heteroatoms. The number of carbonyl (C=O) groups is 1. The number of carbonyl (C=O) groups excluding carboxylic acids is 1. The second kappa shape index (κ2) is 6.62. The molecule has 0 aliphatic heterocycles. The van der Waals surface area contributed by atoms with Crippen molar-refractivity contribution >= 4 is 6.09 Å². The molecule has 3 rings (SSSR count). The van der Waals surface area contributed by atoms with Crippen molar-refractivity contribution in [2.45, 2.75) is 12.8 Å². The van der Waals surface area contributed by atoms with Gasteiger partial charge in [0.2, 0.25) is 0 Å². The van der Waals surface area contributed by atoms with Crippen LogP contribution >= 0.6 is 0 Å². The van der Waals surface area contributed by atoms with Crippen molar-refractivity contribution in [3.63, 3.8) is 0 Å². The smallest absolute Gasteiger partial charge is 0.408 e. The standard InChI is InChI=1S/C18H20N2O2/c1-2-19-12-20-18(21)22-11-17-15-9-5-3-7-13(15)14-8-4-6-10-16(14)17/h3-10,17,19H,2,11-12H2,1H3,(H,20,21). The molecule has 2 N–H and O–H groups in total. The lowest BCUT2D eigenvalue weighted by Gasteiger charge is -2.14. The molecule has 1 aliphatic carbocycles. The normalized spacial score (nSPS) is 12.6. The Hall–Kier alpha value is -2.33. The summed E-state index contributed by atoms with van der Waals surface area (Å²) >= 11 is 0. The summed E-state index contributed by atoms with van der Waals surface area (Å²) in [4.78, 5) is 11.7. The third kappa shape index (κ3) is 2.83. The van der Waals surface area contributed by atoms with Crippen molar-refractivity contribution in [3.8, 4) is 11.1 Å². The van der Waals surface area contributed by atoms with E-state index in [2.05, 4.69) is 34.9 Å². The maximum atomic E-state index is 11.7. The largest absolute Gasteiger partial charge is 0.449 e. The molecule has 0 bridgehead atoms. The van der Waals surface area contributed by atoms with Crippen molar-refractivity contribution in [2.75, 3.05) is 19.8 Å². The van der Waals surface area contributed by atoms with E-state index in [4.69, 9.17) is 4.74 Å². The van der Waals surface area contributed by atoms with Gasteiger partial charge in [-0.15, -0.1) is 0 Å². The van der Waals surface area contributed by atoms with Crippen LogP contribution in [0.3, 0.4) is 0 Å². The highest BCUT2D eigenvalue weighted by Crippen LogP contribution is 2.44. The van der Waals surface area contributed by atoms with Gasteiger partial charge >= 0.3 is 6.09 Å². The van der Waals surface area contributed by atoms with Crippen molar-refractivity contribution in [1.29, 1.82) is 0 Å². The second-order valence-corrected chi connectivity index (χ2v) is 5.28. The maximum Gasteiger partial charge on any atom is 0.408 e.